The molecule has 0 unspecified atom stereocenters. The highest BCUT2D eigenvalue weighted by atomic mass is 32.2. The molecule has 0 bridgehead atoms. The van der Waals surface area contributed by atoms with E-state index in [0.717, 1.165) is 0 Å². The first-order valence-corrected chi connectivity index (χ1v) is 11.1. The number of anilines is 1. The summed E-state index contributed by atoms with van der Waals surface area (Å²) in [6.07, 6.45) is 0.441. The van der Waals surface area contributed by atoms with E-state index in [0.29, 0.717) is 30.8 Å². The molecule has 1 N–H and O–H groups in total. The van der Waals surface area contributed by atoms with Crippen LogP contribution in [0.25, 0.3) is 0 Å². The maximum atomic E-state index is 12.2. The van der Waals surface area contributed by atoms with Crippen molar-refractivity contribution in [1.82, 2.24) is 4.90 Å². The maximum Gasteiger partial charge on any atom is 0.306 e. The lowest BCUT2D eigenvalue weighted by molar-refractivity contribution is -0.148. The lowest BCUT2D eigenvalue weighted by atomic mass is 10.1. The minimum Gasteiger partial charge on any atom is -0.456 e. The summed E-state index contributed by atoms with van der Waals surface area (Å²) in [6.45, 7) is 4.60. The van der Waals surface area contributed by atoms with Crippen LogP contribution >= 0.6 is 0 Å². The number of ether oxygens (including phenoxy) is 1. The Labute approximate surface area is 165 Å². The molecule has 2 rings (SSSR count). The topological polar surface area (TPSA) is 110 Å². The molecule has 0 aliphatic carbocycles. The molecule has 8 nitrogen and oxygen atoms in total. The second kappa shape index (κ2) is 9.68. The van der Waals surface area contributed by atoms with Gasteiger partial charge in [-0.25, -0.2) is 8.42 Å². The summed E-state index contributed by atoms with van der Waals surface area (Å²) in [5.74, 6) is -1.32. The van der Waals surface area contributed by atoms with Crippen LogP contribution in [-0.4, -0.2) is 62.3 Å². The quantitative estimate of drug-likeness (QED) is 0.650. The van der Waals surface area contributed by atoms with Gasteiger partial charge in [0.15, 0.2) is 16.4 Å². The van der Waals surface area contributed by atoms with Gasteiger partial charge in [0.25, 0.3) is 11.8 Å². The van der Waals surface area contributed by atoms with Gasteiger partial charge in [0.05, 0.1) is 11.5 Å². The van der Waals surface area contributed by atoms with E-state index >= 15 is 0 Å². The Hall–Kier alpha value is -2.42. The zero-order valence-electron chi connectivity index (χ0n) is 16.1. The monoisotopic (exact) mass is 410 g/mol. The second-order valence-electron chi connectivity index (χ2n) is 6.74. The van der Waals surface area contributed by atoms with Gasteiger partial charge in [-0.1, -0.05) is 0 Å². The molecule has 1 aliphatic heterocycles. The Bertz CT molecular complexity index is 815. The summed E-state index contributed by atoms with van der Waals surface area (Å²) in [5.41, 5.74) is 1.01. The molecule has 0 spiro atoms. The van der Waals surface area contributed by atoms with Crippen molar-refractivity contribution in [1.29, 1.82) is 0 Å². The van der Waals surface area contributed by atoms with Crippen LogP contribution in [0.1, 0.15) is 37.0 Å². The van der Waals surface area contributed by atoms with E-state index in [1.165, 1.54) is 0 Å². The lowest BCUT2D eigenvalue weighted by Crippen LogP contribution is -2.30. The Morgan fingerprint density at radius 2 is 1.79 bits per heavy atom. The molecular formula is C19H26N2O6S. The first-order valence-electron chi connectivity index (χ1n) is 9.29. The third kappa shape index (κ3) is 6.33. The molecule has 1 fully saturated rings. The highest BCUT2D eigenvalue weighted by molar-refractivity contribution is 7.91. The standard InChI is InChI=1S/C19H26N2O6S/c1-3-21(4-2)19(24)15-5-7-16(8-6-15)20-17(22)12-27-18(23)11-14-9-10-28(25,26)13-14/h5-8,14H,3-4,9-13H2,1-2H3,(H,20,22)/t14-/m1/s1. The van der Waals surface area contributed by atoms with Crippen molar-refractivity contribution in [3.05, 3.63) is 29.8 Å². The van der Waals surface area contributed by atoms with Crippen molar-refractivity contribution in [2.24, 2.45) is 5.92 Å². The fourth-order valence-corrected chi connectivity index (χ4v) is 4.92. The Kier molecular flexibility index (Phi) is 7.56. The summed E-state index contributed by atoms with van der Waals surface area (Å²) >= 11 is 0. The van der Waals surface area contributed by atoms with Crippen molar-refractivity contribution < 1.29 is 27.5 Å². The normalized spacial score (nSPS) is 17.7. The first-order chi connectivity index (χ1) is 13.2. The highest BCUT2D eigenvalue weighted by Gasteiger charge is 2.30. The summed E-state index contributed by atoms with van der Waals surface area (Å²) in [7, 11) is -3.05. The fourth-order valence-electron chi connectivity index (χ4n) is 3.06. The SMILES string of the molecule is CCN(CC)C(=O)c1ccc(NC(=O)COC(=O)C[C@H]2CCS(=O)(=O)C2)cc1. The zero-order valence-corrected chi connectivity index (χ0v) is 17.0. The van der Waals surface area contributed by atoms with Crippen molar-refractivity contribution >= 4 is 33.3 Å². The van der Waals surface area contributed by atoms with Gasteiger partial charge in [0.2, 0.25) is 0 Å². The minimum atomic E-state index is -3.05. The molecule has 0 saturated carbocycles. The average molecular weight is 410 g/mol. The van der Waals surface area contributed by atoms with Crippen LogP contribution in [0.5, 0.6) is 0 Å². The van der Waals surface area contributed by atoms with E-state index in [4.69, 9.17) is 4.74 Å². The first kappa shape index (κ1) is 21.9. The number of benzene rings is 1. The predicted molar refractivity (Wildman–Crippen MR) is 105 cm³/mol. The largest absolute Gasteiger partial charge is 0.456 e. The molecule has 1 saturated heterocycles. The molecule has 1 aromatic rings. The number of rotatable bonds is 8. The molecular weight excluding hydrogens is 384 g/mol. The second-order valence-corrected chi connectivity index (χ2v) is 8.97. The number of carbonyl (C=O) groups is 3. The maximum absolute atomic E-state index is 12.2. The summed E-state index contributed by atoms with van der Waals surface area (Å²) < 4.78 is 27.7. The van der Waals surface area contributed by atoms with Gasteiger partial charge < -0.3 is 15.0 Å². The third-order valence-corrected chi connectivity index (χ3v) is 6.45. The van der Waals surface area contributed by atoms with Gasteiger partial charge in [0, 0.05) is 30.8 Å². The predicted octanol–water partition coefficient (Wildman–Crippen LogP) is 1.48. The number of amides is 2. The lowest BCUT2D eigenvalue weighted by Gasteiger charge is -2.18. The number of nitrogens with zero attached hydrogens (tertiary/aromatic N) is 1. The number of sulfone groups is 1. The van der Waals surface area contributed by atoms with Crippen LogP contribution < -0.4 is 5.32 Å². The number of esters is 1. The molecule has 2 amide bonds. The molecule has 1 heterocycles. The van der Waals surface area contributed by atoms with Gasteiger partial charge in [-0.2, -0.15) is 0 Å². The summed E-state index contributed by atoms with van der Waals surface area (Å²) in [5, 5.41) is 2.59. The van der Waals surface area contributed by atoms with Gasteiger partial charge in [-0.05, 0) is 50.5 Å². The molecule has 154 valence electrons. The smallest absolute Gasteiger partial charge is 0.306 e. The molecule has 28 heavy (non-hydrogen) atoms. The molecule has 1 aliphatic rings. The van der Waals surface area contributed by atoms with Crippen molar-refractivity contribution in [3.63, 3.8) is 0 Å². The van der Waals surface area contributed by atoms with Crippen molar-refractivity contribution in [3.8, 4) is 0 Å². The fraction of sp³-hybridized carbons (Fsp3) is 0.526. The van der Waals surface area contributed by atoms with E-state index in [9.17, 15) is 22.8 Å². The van der Waals surface area contributed by atoms with E-state index < -0.39 is 28.3 Å². The van der Waals surface area contributed by atoms with Crippen LogP contribution in [-0.2, 0) is 24.2 Å². The molecule has 9 heteroatoms. The van der Waals surface area contributed by atoms with Gasteiger partial charge >= 0.3 is 5.97 Å². The van der Waals surface area contributed by atoms with Crippen LogP contribution in [0.15, 0.2) is 24.3 Å². The summed E-state index contributed by atoms with van der Waals surface area (Å²) in [4.78, 5) is 37.6. The summed E-state index contributed by atoms with van der Waals surface area (Å²) in [6, 6.07) is 6.48. The van der Waals surface area contributed by atoms with Crippen molar-refractivity contribution in [2.45, 2.75) is 26.7 Å². The highest BCUT2D eigenvalue weighted by Crippen LogP contribution is 2.21. The Morgan fingerprint density at radius 3 is 2.32 bits per heavy atom. The number of nitrogens with one attached hydrogen (secondary N) is 1. The van der Waals surface area contributed by atoms with E-state index in [-0.39, 0.29) is 29.8 Å². The van der Waals surface area contributed by atoms with Crippen molar-refractivity contribution in [2.75, 3.05) is 36.5 Å². The van der Waals surface area contributed by atoms with Crippen LogP contribution in [0.4, 0.5) is 5.69 Å². The molecule has 1 aromatic carbocycles. The van der Waals surface area contributed by atoms with Crippen LogP contribution in [0.2, 0.25) is 0 Å². The van der Waals surface area contributed by atoms with Gasteiger partial charge in [-0.15, -0.1) is 0 Å². The minimum absolute atomic E-state index is 0.00528. The van der Waals surface area contributed by atoms with E-state index in [2.05, 4.69) is 5.32 Å². The van der Waals surface area contributed by atoms with Crippen LogP contribution in [0.3, 0.4) is 0 Å². The van der Waals surface area contributed by atoms with Gasteiger partial charge in [-0.3, -0.25) is 14.4 Å². The average Bonchev–Trinajstić information content (AvgIpc) is 3.00. The zero-order chi connectivity index (χ0) is 20.7. The van der Waals surface area contributed by atoms with E-state index in [1.807, 2.05) is 13.8 Å². The number of carbonyl (C=O) groups excluding carboxylic acids is 3. The molecule has 0 radical (unpaired) electrons. The Morgan fingerprint density at radius 1 is 1.14 bits per heavy atom. The number of hydrogen-bond donors (Lipinski definition) is 1. The van der Waals surface area contributed by atoms with Gasteiger partial charge in [0.1, 0.15) is 0 Å². The molecule has 0 aromatic heterocycles. The van der Waals surface area contributed by atoms with Crippen LogP contribution in [0, 0.1) is 5.92 Å². The third-order valence-electron chi connectivity index (χ3n) is 4.61. The number of hydrogen-bond acceptors (Lipinski definition) is 6. The van der Waals surface area contributed by atoms with E-state index in [1.54, 1.807) is 29.2 Å². The molecule has 1 atom stereocenters. The Balaban J connectivity index is 1.78.